The lowest BCUT2D eigenvalue weighted by Gasteiger charge is -2.37. The molecule has 104 valence electrons. The first-order valence-electron chi connectivity index (χ1n) is 7.95. The molecule has 0 aromatic rings. The predicted octanol–water partition coefficient (Wildman–Crippen LogP) is 2.59. The highest BCUT2D eigenvalue weighted by Crippen LogP contribution is 2.28. The van der Waals surface area contributed by atoms with Gasteiger partial charge in [0, 0.05) is 12.6 Å². The highest BCUT2D eigenvalue weighted by Gasteiger charge is 2.29. The van der Waals surface area contributed by atoms with Crippen LogP contribution in [0.25, 0.3) is 0 Å². The normalized spacial score (nSPS) is 36.0. The van der Waals surface area contributed by atoms with Crippen molar-refractivity contribution in [2.75, 3.05) is 37.7 Å². The average molecular weight is 268 g/mol. The van der Waals surface area contributed by atoms with Gasteiger partial charge >= 0.3 is 0 Å². The fraction of sp³-hybridized carbons (Fsp3) is 1.00. The van der Waals surface area contributed by atoms with Crippen LogP contribution in [0.1, 0.15) is 38.5 Å². The minimum Gasteiger partial charge on any atom is -0.314 e. The van der Waals surface area contributed by atoms with Gasteiger partial charge in [-0.05, 0) is 81.5 Å². The van der Waals surface area contributed by atoms with Crippen LogP contribution in [0, 0.1) is 11.8 Å². The van der Waals surface area contributed by atoms with E-state index in [2.05, 4.69) is 22.0 Å². The van der Waals surface area contributed by atoms with Crippen LogP contribution >= 0.6 is 11.8 Å². The Kier molecular flexibility index (Phi) is 4.88. The van der Waals surface area contributed by atoms with Crippen LogP contribution in [0.3, 0.4) is 0 Å². The summed E-state index contributed by atoms with van der Waals surface area (Å²) in [5, 5.41) is 3.70. The molecule has 18 heavy (non-hydrogen) atoms. The molecule has 3 aliphatic rings. The van der Waals surface area contributed by atoms with Gasteiger partial charge in [0.05, 0.1) is 0 Å². The van der Waals surface area contributed by atoms with E-state index in [9.17, 15) is 0 Å². The summed E-state index contributed by atoms with van der Waals surface area (Å²) in [5.41, 5.74) is 0. The molecular weight excluding hydrogens is 240 g/mol. The number of hydrogen-bond donors (Lipinski definition) is 1. The van der Waals surface area contributed by atoms with E-state index < -0.39 is 0 Å². The molecule has 2 unspecified atom stereocenters. The second-order valence-electron chi connectivity index (χ2n) is 6.42. The number of hydrogen-bond acceptors (Lipinski definition) is 3. The largest absolute Gasteiger partial charge is 0.314 e. The predicted molar refractivity (Wildman–Crippen MR) is 80.2 cm³/mol. The summed E-state index contributed by atoms with van der Waals surface area (Å²) in [6.07, 6.45) is 8.66. The molecule has 3 rings (SSSR count). The van der Waals surface area contributed by atoms with Gasteiger partial charge in [-0.3, -0.25) is 0 Å². The van der Waals surface area contributed by atoms with Gasteiger partial charge in [0.15, 0.2) is 0 Å². The lowest BCUT2D eigenvalue weighted by Crippen LogP contribution is -2.43. The maximum absolute atomic E-state index is 3.70. The second-order valence-corrected chi connectivity index (χ2v) is 7.57. The first-order chi connectivity index (χ1) is 8.92. The fourth-order valence-corrected chi connectivity index (χ4v) is 5.11. The van der Waals surface area contributed by atoms with E-state index in [1.54, 1.807) is 0 Å². The molecule has 0 saturated carbocycles. The monoisotopic (exact) mass is 268 g/mol. The first kappa shape index (κ1) is 13.3. The summed E-state index contributed by atoms with van der Waals surface area (Å²) < 4.78 is 0. The van der Waals surface area contributed by atoms with Crippen LogP contribution in [0.4, 0.5) is 0 Å². The number of likely N-dealkylation sites (tertiary alicyclic amines) is 1. The van der Waals surface area contributed by atoms with Crippen molar-refractivity contribution < 1.29 is 0 Å². The molecule has 2 atom stereocenters. The van der Waals surface area contributed by atoms with Crippen molar-refractivity contribution in [1.82, 2.24) is 10.2 Å². The Labute approximate surface area is 116 Å². The molecule has 0 spiro atoms. The SMILES string of the molecule is C1CSCC(CN2CCC(C3CCCN3)CC2)C1. The average Bonchev–Trinajstić information content (AvgIpc) is 2.95. The van der Waals surface area contributed by atoms with Crippen LogP contribution < -0.4 is 5.32 Å². The molecule has 0 aromatic heterocycles. The van der Waals surface area contributed by atoms with Gasteiger partial charge in [0.2, 0.25) is 0 Å². The topological polar surface area (TPSA) is 15.3 Å². The van der Waals surface area contributed by atoms with Crippen LogP contribution in [-0.4, -0.2) is 48.6 Å². The van der Waals surface area contributed by atoms with E-state index in [1.807, 2.05) is 0 Å². The van der Waals surface area contributed by atoms with Gasteiger partial charge in [0.1, 0.15) is 0 Å². The zero-order chi connectivity index (χ0) is 12.2. The lowest BCUT2D eigenvalue weighted by atomic mass is 9.88. The molecule has 0 amide bonds. The second kappa shape index (κ2) is 6.62. The maximum atomic E-state index is 3.70. The summed E-state index contributed by atoms with van der Waals surface area (Å²) >= 11 is 2.18. The summed E-state index contributed by atoms with van der Waals surface area (Å²) in [7, 11) is 0. The number of nitrogens with zero attached hydrogens (tertiary/aromatic N) is 1. The van der Waals surface area contributed by atoms with Gasteiger partial charge in [-0.25, -0.2) is 0 Å². The number of nitrogens with one attached hydrogen (secondary N) is 1. The lowest BCUT2D eigenvalue weighted by molar-refractivity contribution is 0.145. The van der Waals surface area contributed by atoms with E-state index in [0.717, 1.165) is 17.9 Å². The van der Waals surface area contributed by atoms with E-state index in [1.165, 1.54) is 76.2 Å². The van der Waals surface area contributed by atoms with Gasteiger partial charge in [-0.15, -0.1) is 0 Å². The van der Waals surface area contributed by atoms with Gasteiger partial charge in [-0.2, -0.15) is 11.8 Å². The quantitative estimate of drug-likeness (QED) is 0.847. The highest BCUT2D eigenvalue weighted by atomic mass is 32.2. The van der Waals surface area contributed by atoms with Crippen molar-refractivity contribution in [1.29, 1.82) is 0 Å². The molecule has 3 heteroatoms. The first-order valence-corrected chi connectivity index (χ1v) is 9.11. The molecule has 0 radical (unpaired) electrons. The van der Waals surface area contributed by atoms with Crippen LogP contribution in [0.5, 0.6) is 0 Å². The molecule has 3 heterocycles. The van der Waals surface area contributed by atoms with Crippen LogP contribution in [0.2, 0.25) is 0 Å². The Morgan fingerprint density at radius 2 is 1.94 bits per heavy atom. The molecule has 3 aliphatic heterocycles. The molecular formula is C15H28N2S. The van der Waals surface area contributed by atoms with Crippen LogP contribution in [-0.2, 0) is 0 Å². The van der Waals surface area contributed by atoms with E-state index in [4.69, 9.17) is 0 Å². The Balaban J connectivity index is 1.39. The third kappa shape index (κ3) is 3.43. The van der Waals surface area contributed by atoms with Crippen molar-refractivity contribution in [3.63, 3.8) is 0 Å². The van der Waals surface area contributed by atoms with Crippen molar-refractivity contribution in [2.45, 2.75) is 44.6 Å². The summed E-state index contributed by atoms with van der Waals surface area (Å²) in [4.78, 5) is 2.75. The molecule has 3 saturated heterocycles. The van der Waals surface area contributed by atoms with Crippen molar-refractivity contribution in [3.05, 3.63) is 0 Å². The van der Waals surface area contributed by atoms with Crippen LogP contribution in [0.15, 0.2) is 0 Å². The van der Waals surface area contributed by atoms with Gasteiger partial charge < -0.3 is 10.2 Å². The third-order valence-electron chi connectivity index (χ3n) is 5.07. The molecule has 3 fully saturated rings. The molecule has 2 nitrogen and oxygen atoms in total. The molecule has 1 N–H and O–H groups in total. The number of rotatable bonds is 3. The van der Waals surface area contributed by atoms with Crippen molar-refractivity contribution in [3.8, 4) is 0 Å². The molecule has 0 aliphatic carbocycles. The Morgan fingerprint density at radius 1 is 1.06 bits per heavy atom. The van der Waals surface area contributed by atoms with E-state index in [-0.39, 0.29) is 0 Å². The Bertz CT molecular complexity index is 239. The molecule has 0 aromatic carbocycles. The van der Waals surface area contributed by atoms with E-state index in [0.29, 0.717) is 0 Å². The Morgan fingerprint density at radius 3 is 2.61 bits per heavy atom. The third-order valence-corrected chi connectivity index (χ3v) is 6.36. The summed E-state index contributed by atoms with van der Waals surface area (Å²) in [6, 6.07) is 0.859. The number of piperidine rings is 1. The fourth-order valence-electron chi connectivity index (χ4n) is 3.97. The smallest absolute Gasteiger partial charge is 0.00967 e. The maximum Gasteiger partial charge on any atom is 0.00967 e. The summed E-state index contributed by atoms with van der Waals surface area (Å²) in [5.74, 6) is 4.80. The van der Waals surface area contributed by atoms with Crippen molar-refractivity contribution >= 4 is 11.8 Å². The minimum absolute atomic E-state index is 0.859. The molecule has 0 bridgehead atoms. The van der Waals surface area contributed by atoms with E-state index >= 15 is 0 Å². The zero-order valence-electron chi connectivity index (χ0n) is 11.6. The van der Waals surface area contributed by atoms with Gasteiger partial charge in [-0.1, -0.05) is 0 Å². The Hall–Kier alpha value is 0.270. The number of thioether (sulfide) groups is 1. The highest BCUT2D eigenvalue weighted by molar-refractivity contribution is 7.99. The zero-order valence-corrected chi connectivity index (χ0v) is 12.4. The summed E-state index contributed by atoms with van der Waals surface area (Å²) in [6.45, 7) is 5.38. The standard InChI is InChI=1S/C15H28N2S/c1-4-15(16-7-1)14-5-8-17(9-6-14)11-13-3-2-10-18-12-13/h13-16H,1-12H2. The van der Waals surface area contributed by atoms with Gasteiger partial charge in [0.25, 0.3) is 0 Å². The minimum atomic E-state index is 0.859. The van der Waals surface area contributed by atoms with Crippen molar-refractivity contribution in [2.24, 2.45) is 11.8 Å².